The molecule has 0 unspecified atom stereocenters. The van der Waals surface area contributed by atoms with Gasteiger partial charge in [-0.3, -0.25) is 4.79 Å². The van der Waals surface area contributed by atoms with E-state index in [4.69, 9.17) is 16.3 Å². The van der Waals surface area contributed by atoms with Crippen molar-refractivity contribution in [1.29, 1.82) is 0 Å². The van der Waals surface area contributed by atoms with Gasteiger partial charge in [0.05, 0.1) is 4.90 Å². The van der Waals surface area contributed by atoms with Crippen LogP contribution in [0.4, 0.5) is 5.69 Å². The maximum absolute atomic E-state index is 12.6. The van der Waals surface area contributed by atoms with Gasteiger partial charge in [-0.05, 0) is 36.2 Å². The first-order valence-electron chi connectivity index (χ1n) is 8.41. The minimum Gasteiger partial charge on any atom is -0.399 e. The lowest BCUT2D eigenvalue weighted by molar-refractivity contribution is -0.153. The summed E-state index contributed by atoms with van der Waals surface area (Å²) in [6.45, 7) is 0.0114. The average Bonchev–Trinajstić information content (AvgIpc) is 2.65. The summed E-state index contributed by atoms with van der Waals surface area (Å²) in [5, 5.41) is 0. The highest BCUT2D eigenvalue weighted by Gasteiger charge is 2.27. The predicted molar refractivity (Wildman–Crippen MR) is 103 cm³/mol. The van der Waals surface area contributed by atoms with Crippen molar-refractivity contribution in [2.45, 2.75) is 23.8 Å². The number of benzene rings is 2. The third kappa shape index (κ3) is 6.65. The molecule has 0 aliphatic rings. The summed E-state index contributed by atoms with van der Waals surface area (Å²) in [6.07, 6.45) is -0.0175. The molecule has 2 aromatic carbocycles. The van der Waals surface area contributed by atoms with E-state index in [0.29, 0.717) is 11.3 Å². The number of hydrogen-bond acceptors (Lipinski definition) is 7. The molecule has 0 saturated heterocycles. The van der Waals surface area contributed by atoms with Gasteiger partial charge >= 0.3 is 5.97 Å². The summed E-state index contributed by atoms with van der Waals surface area (Å²) in [5.41, 5.74) is 14.2. The number of hydroxylamine groups is 1. The van der Waals surface area contributed by atoms with E-state index in [-0.39, 0.29) is 24.3 Å². The second-order valence-corrected chi connectivity index (χ2v) is 7.68. The minimum atomic E-state index is -3.96. The highest BCUT2D eigenvalue weighted by Crippen LogP contribution is 2.13. The van der Waals surface area contributed by atoms with Crippen LogP contribution >= 0.6 is 0 Å². The third-order valence-electron chi connectivity index (χ3n) is 3.67. The summed E-state index contributed by atoms with van der Waals surface area (Å²) < 4.78 is 27.5. The molecule has 2 rings (SSSR count). The molecule has 6 N–H and O–H groups in total. The highest BCUT2D eigenvalue weighted by atomic mass is 32.2. The molecule has 0 heterocycles. The zero-order valence-electron chi connectivity index (χ0n) is 15.0. The van der Waals surface area contributed by atoms with Gasteiger partial charge in [-0.25, -0.2) is 13.2 Å². The number of amides is 1. The second-order valence-electron chi connectivity index (χ2n) is 5.97. The van der Waals surface area contributed by atoms with Gasteiger partial charge in [0, 0.05) is 18.7 Å². The quantitative estimate of drug-likeness (QED) is 0.247. The van der Waals surface area contributed by atoms with E-state index in [1.54, 1.807) is 42.5 Å². The number of anilines is 1. The molecule has 0 aromatic heterocycles. The molecular formula is C18H22N4O5S. The van der Waals surface area contributed by atoms with Gasteiger partial charge in [-0.2, -0.15) is 10.2 Å². The van der Waals surface area contributed by atoms with Crippen molar-refractivity contribution < 1.29 is 22.8 Å². The van der Waals surface area contributed by atoms with Crippen LogP contribution in [0.25, 0.3) is 0 Å². The summed E-state index contributed by atoms with van der Waals surface area (Å²) >= 11 is 0. The van der Waals surface area contributed by atoms with Gasteiger partial charge in [-0.15, -0.1) is 0 Å². The fourth-order valence-electron chi connectivity index (χ4n) is 2.35. The molecule has 1 atom stereocenters. The molecule has 2 aromatic rings. The number of rotatable bonds is 10. The van der Waals surface area contributed by atoms with E-state index in [1.807, 2.05) is 0 Å². The first kappa shape index (κ1) is 21.4. The van der Waals surface area contributed by atoms with Gasteiger partial charge in [0.1, 0.15) is 6.04 Å². The van der Waals surface area contributed by atoms with Crippen LogP contribution in [0.1, 0.15) is 12.0 Å². The zero-order chi connectivity index (χ0) is 20.6. The van der Waals surface area contributed by atoms with Crippen molar-refractivity contribution in [1.82, 2.24) is 10.2 Å². The largest absolute Gasteiger partial charge is 0.399 e. The van der Waals surface area contributed by atoms with Crippen LogP contribution in [0.5, 0.6) is 0 Å². The summed E-state index contributed by atoms with van der Waals surface area (Å²) in [4.78, 5) is 28.1. The van der Waals surface area contributed by atoms with Crippen molar-refractivity contribution in [2.75, 3.05) is 12.3 Å². The van der Waals surface area contributed by atoms with Crippen LogP contribution in [-0.4, -0.2) is 32.9 Å². The summed E-state index contributed by atoms with van der Waals surface area (Å²) in [6, 6.07) is 13.2. The number of nitrogen functional groups attached to an aromatic ring is 1. The SMILES string of the molecule is NC(=O)CCNOC(=O)[C@H](Cc1cccc(N)c1)NS(=O)(=O)c1ccccc1. The number of primary amides is 1. The number of carbonyl (C=O) groups is 2. The lowest BCUT2D eigenvalue weighted by atomic mass is 10.1. The minimum absolute atomic E-state index is 0.0114. The van der Waals surface area contributed by atoms with Crippen LogP contribution in [-0.2, 0) is 30.9 Å². The van der Waals surface area contributed by atoms with Crippen molar-refractivity contribution in [3.05, 3.63) is 60.2 Å². The van der Waals surface area contributed by atoms with E-state index >= 15 is 0 Å². The Morgan fingerprint density at radius 2 is 1.79 bits per heavy atom. The number of sulfonamides is 1. The van der Waals surface area contributed by atoms with Crippen molar-refractivity contribution in [3.8, 4) is 0 Å². The molecule has 0 aliphatic heterocycles. The predicted octanol–water partition coefficient (Wildman–Crippen LogP) is 0.0816. The molecule has 0 spiro atoms. The Kier molecular flexibility index (Phi) is 7.50. The smallest absolute Gasteiger partial charge is 0.343 e. The van der Waals surface area contributed by atoms with Crippen LogP contribution in [0, 0.1) is 0 Å². The van der Waals surface area contributed by atoms with Crippen LogP contribution < -0.4 is 21.7 Å². The Morgan fingerprint density at radius 1 is 1.07 bits per heavy atom. The van der Waals surface area contributed by atoms with Gasteiger partial charge < -0.3 is 16.3 Å². The van der Waals surface area contributed by atoms with E-state index in [9.17, 15) is 18.0 Å². The number of nitrogens with one attached hydrogen (secondary N) is 2. The third-order valence-corrected chi connectivity index (χ3v) is 5.16. The molecule has 1 amide bonds. The zero-order valence-corrected chi connectivity index (χ0v) is 15.8. The van der Waals surface area contributed by atoms with Gasteiger partial charge in [0.15, 0.2) is 0 Å². The highest BCUT2D eigenvalue weighted by molar-refractivity contribution is 7.89. The van der Waals surface area contributed by atoms with Crippen molar-refractivity contribution in [2.24, 2.45) is 5.73 Å². The Bertz CT molecular complexity index is 919. The average molecular weight is 406 g/mol. The molecule has 0 radical (unpaired) electrons. The van der Waals surface area contributed by atoms with Crippen LogP contribution in [0.15, 0.2) is 59.5 Å². The molecule has 28 heavy (non-hydrogen) atoms. The Labute approximate surface area is 163 Å². The lowest BCUT2D eigenvalue weighted by Crippen LogP contribution is -2.45. The molecular weight excluding hydrogens is 384 g/mol. The lowest BCUT2D eigenvalue weighted by Gasteiger charge is -2.18. The van der Waals surface area contributed by atoms with Crippen molar-refractivity contribution >= 4 is 27.6 Å². The molecule has 10 heteroatoms. The van der Waals surface area contributed by atoms with E-state index in [0.717, 1.165) is 0 Å². The molecule has 0 saturated carbocycles. The van der Waals surface area contributed by atoms with Crippen molar-refractivity contribution in [3.63, 3.8) is 0 Å². The molecule has 0 fully saturated rings. The first-order valence-corrected chi connectivity index (χ1v) is 9.90. The second kappa shape index (κ2) is 9.83. The number of carbonyl (C=O) groups excluding carboxylic acids is 2. The van der Waals surface area contributed by atoms with Gasteiger partial charge in [-0.1, -0.05) is 30.3 Å². The monoisotopic (exact) mass is 406 g/mol. The van der Waals surface area contributed by atoms with E-state index in [2.05, 4.69) is 10.2 Å². The normalized spacial score (nSPS) is 12.3. The summed E-state index contributed by atoms with van der Waals surface area (Å²) in [7, 11) is -3.96. The number of hydrogen-bond donors (Lipinski definition) is 4. The Morgan fingerprint density at radius 3 is 2.43 bits per heavy atom. The first-order chi connectivity index (χ1) is 13.3. The topological polar surface area (TPSA) is 154 Å². The Hall–Kier alpha value is -2.95. The molecule has 0 aliphatic carbocycles. The van der Waals surface area contributed by atoms with E-state index in [1.165, 1.54) is 12.1 Å². The maximum Gasteiger partial charge on any atom is 0.343 e. The van der Waals surface area contributed by atoms with Crippen LogP contribution in [0.2, 0.25) is 0 Å². The van der Waals surface area contributed by atoms with E-state index < -0.39 is 27.9 Å². The molecule has 9 nitrogen and oxygen atoms in total. The summed E-state index contributed by atoms with van der Waals surface area (Å²) in [5.74, 6) is -1.42. The van der Waals surface area contributed by atoms with Crippen LogP contribution in [0.3, 0.4) is 0 Å². The van der Waals surface area contributed by atoms with Gasteiger partial charge in [0.25, 0.3) is 0 Å². The Balaban J connectivity index is 2.15. The fraction of sp³-hybridized carbons (Fsp3) is 0.222. The molecule has 150 valence electrons. The standard InChI is InChI=1S/C18H22N4O5S/c19-14-6-4-5-13(11-14)12-16(18(24)27-21-10-9-17(20)23)22-28(25,26)15-7-2-1-3-8-15/h1-8,11,16,21-22H,9-10,12,19H2,(H2,20,23)/t16-/m0/s1. The number of nitrogens with two attached hydrogens (primary N) is 2. The fourth-order valence-corrected chi connectivity index (χ4v) is 3.56. The maximum atomic E-state index is 12.6. The molecule has 0 bridgehead atoms. The van der Waals surface area contributed by atoms with Gasteiger partial charge in [0.2, 0.25) is 15.9 Å².